The molecule has 0 saturated carbocycles. The van der Waals surface area contributed by atoms with Crippen LogP contribution < -0.4 is 0 Å². The molecular formula is C17H14FN5S. The number of pyridine rings is 1. The highest BCUT2D eigenvalue weighted by atomic mass is 32.2. The van der Waals surface area contributed by atoms with E-state index in [1.807, 2.05) is 18.3 Å². The summed E-state index contributed by atoms with van der Waals surface area (Å²) in [5, 5.41) is 13.9. The summed E-state index contributed by atoms with van der Waals surface area (Å²) in [5.74, 6) is 1.28. The molecule has 0 aliphatic carbocycles. The molecule has 1 aliphatic heterocycles. The Bertz CT molecular complexity index is 874. The molecule has 0 unspecified atom stereocenters. The standard InChI is InChI=1S/C17H14FN5S/c18-14-6-4-13(5-7-14)15-11-24-17-21-20-16(23(17)22-15)8-3-12-2-1-9-19-10-12/h1-2,4-7,9-10H,3,8,11H2. The fourth-order valence-electron chi connectivity index (χ4n) is 2.51. The number of benzene rings is 1. The van der Waals surface area contributed by atoms with Crippen molar-refractivity contribution >= 4 is 17.5 Å². The topological polar surface area (TPSA) is 56.0 Å². The number of rotatable bonds is 4. The van der Waals surface area contributed by atoms with Gasteiger partial charge in [-0.1, -0.05) is 30.0 Å². The fraction of sp³-hybridized carbons (Fsp3) is 0.176. The molecule has 0 amide bonds. The Morgan fingerprint density at radius 3 is 2.75 bits per heavy atom. The van der Waals surface area contributed by atoms with Crippen molar-refractivity contribution in [2.45, 2.75) is 18.0 Å². The molecule has 5 nitrogen and oxygen atoms in total. The molecule has 120 valence electrons. The molecule has 1 aliphatic rings. The van der Waals surface area contributed by atoms with Gasteiger partial charge in [0.15, 0.2) is 5.82 Å². The van der Waals surface area contributed by atoms with Crippen molar-refractivity contribution in [3.05, 3.63) is 71.6 Å². The summed E-state index contributed by atoms with van der Waals surface area (Å²) in [4.78, 5) is 4.13. The number of thioether (sulfide) groups is 1. The van der Waals surface area contributed by atoms with Crippen molar-refractivity contribution in [3.8, 4) is 0 Å². The third kappa shape index (κ3) is 3.07. The van der Waals surface area contributed by atoms with E-state index in [1.165, 1.54) is 12.1 Å². The van der Waals surface area contributed by atoms with E-state index in [4.69, 9.17) is 0 Å². The second-order valence-electron chi connectivity index (χ2n) is 5.41. The maximum atomic E-state index is 13.1. The first-order valence-electron chi connectivity index (χ1n) is 7.59. The molecule has 0 saturated heterocycles. The van der Waals surface area contributed by atoms with Gasteiger partial charge in [0.2, 0.25) is 5.16 Å². The molecule has 4 rings (SSSR count). The van der Waals surface area contributed by atoms with E-state index < -0.39 is 0 Å². The number of hydrogen-bond acceptors (Lipinski definition) is 5. The highest BCUT2D eigenvalue weighted by Crippen LogP contribution is 2.24. The van der Waals surface area contributed by atoms with E-state index in [-0.39, 0.29) is 5.82 Å². The van der Waals surface area contributed by atoms with Gasteiger partial charge in [0.25, 0.3) is 0 Å². The molecule has 0 radical (unpaired) electrons. The van der Waals surface area contributed by atoms with Crippen molar-refractivity contribution in [2.24, 2.45) is 5.10 Å². The molecule has 0 bridgehead atoms. The zero-order valence-corrected chi connectivity index (χ0v) is 13.6. The van der Waals surface area contributed by atoms with Crippen LogP contribution in [0.25, 0.3) is 0 Å². The molecule has 0 spiro atoms. The van der Waals surface area contributed by atoms with Crippen LogP contribution in [0.4, 0.5) is 4.39 Å². The highest BCUT2D eigenvalue weighted by Gasteiger charge is 2.19. The minimum Gasteiger partial charge on any atom is -0.264 e. The normalized spacial score (nSPS) is 13.5. The van der Waals surface area contributed by atoms with Gasteiger partial charge in [0, 0.05) is 24.6 Å². The van der Waals surface area contributed by atoms with Gasteiger partial charge in [-0.05, 0) is 35.7 Å². The van der Waals surface area contributed by atoms with Crippen LogP contribution in [0.3, 0.4) is 0 Å². The summed E-state index contributed by atoms with van der Waals surface area (Å²) in [7, 11) is 0. The molecular weight excluding hydrogens is 325 g/mol. The summed E-state index contributed by atoms with van der Waals surface area (Å²) >= 11 is 1.59. The lowest BCUT2D eigenvalue weighted by atomic mass is 10.1. The lowest BCUT2D eigenvalue weighted by molar-refractivity contribution is 0.627. The number of hydrogen-bond donors (Lipinski definition) is 0. The Kier molecular flexibility index (Phi) is 4.08. The summed E-state index contributed by atoms with van der Waals surface area (Å²) < 4.78 is 14.9. The van der Waals surface area contributed by atoms with Gasteiger partial charge in [0.1, 0.15) is 5.82 Å². The molecule has 24 heavy (non-hydrogen) atoms. The molecule has 7 heteroatoms. The Labute approximate surface area is 142 Å². The SMILES string of the molecule is Fc1ccc(C2=Nn3c(CCc4cccnc4)nnc3SC2)cc1. The van der Waals surface area contributed by atoms with Gasteiger partial charge in [-0.15, -0.1) is 10.2 Å². The van der Waals surface area contributed by atoms with Crippen LogP contribution in [-0.2, 0) is 12.8 Å². The van der Waals surface area contributed by atoms with Gasteiger partial charge in [-0.2, -0.15) is 9.78 Å². The first kappa shape index (κ1) is 15.0. The predicted octanol–water partition coefficient (Wildman–Crippen LogP) is 2.96. The molecule has 0 atom stereocenters. The van der Waals surface area contributed by atoms with Crippen LogP contribution in [-0.4, -0.2) is 31.3 Å². The molecule has 0 fully saturated rings. The van der Waals surface area contributed by atoms with Crippen LogP contribution in [0.5, 0.6) is 0 Å². The lowest BCUT2D eigenvalue weighted by Crippen LogP contribution is -2.15. The number of aromatic nitrogens is 4. The largest absolute Gasteiger partial charge is 0.264 e. The monoisotopic (exact) mass is 339 g/mol. The molecule has 2 aromatic heterocycles. The highest BCUT2D eigenvalue weighted by molar-refractivity contribution is 7.99. The van der Waals surface area contributed by atoms with Gasteiger partial charge >= 0.3 is 0 Å². The predicted molar refractivity (Wildman–Crippen MR) is 90.7 cm³/mol. The van der Waals surface area contributed by atoms with E-state index >= 15 is 0 Å². The first-order valence-corrected chi connectivity index (χ1v) is 8.58. The summed E-state index contributed by atoms with van der Waals surface area (Å²) in [5.41, 5.74) is 2.97. The maximum Gasteiger partial charge on any atom is 0.212 e. The first-order chi connectivity index (χ1) is 11.8. The summed E-state index contributed by atoms with van der Waals surface area (Å²) in [6.45, 7) is 0. The smallest absolute Gasteiger partial charge is 0.212 e. The van der Waals surface area contributed by atoms with E-state index in [0.29, 0.717) is 5.75 Å². The minimum absolute atomic E-state index is 0.245. The van der Waals surface area contributed by atoms with Gasteiger partial charge < -0.3 is 0 Å². The fourth-order valence-corrected chi connectivity index (χ4v) is 3.37. The van der Waals surface area contributed by atoms with E-state index in [2.05, 4.69) is 20.3 Å². The number of aryl methyl sites for hydroxylation is 2. The zero-order chi connectivity index (χ0) is 16.4. The van der Waals surface area contributed by atoms with Crippen molar-refractivity contribution in [1.29, 1.82) is 0 Å². The van der Waals surface area contributed by atoms with E-state index in [9.17, 15) is 4.39 Å². The maximum absolute atomic E-state index is 13.1. The second kappa shape index (κ2) is 6.52. The summed E-state index contributed by atoms with van der Waals surface area (Å²) in [6.07, 6.45) is 5.19. The molecule has 3 aromatic rings. The Morgan fingerprint density at radius 2 is 1.96 bits per heavy atom. The zero-order valence-electron chi connectivity index (χ0n) is 12.8. The number of fused-ring (bicyclic) bond motifs is 1. The number of halogens is 1. The number of nitrogens with zero attached hydrogens (tertiary/aromatic N) is 5. The lowest BCUT2D eigenvalue weighted by Gasteiger charge is -2.13. The van der Waals surface area contributed by atoms with Gasteiger partial charge in [-0.3, -0.25) is 4.98 Å². The van der Waals surface area contributed by atoms with Crippen LogP contribution in [0, 0.1) is 5.82 Å². The van der Waals surface area contributed by atoms with Crippen LogP contribution in [0.2, 0.25) is 0 Å². The minimum atomic E-state index is -0.245. The third-order valence-corrected chi connectivity index (χ3v) is 4.70. The van der Waals surface area contributed by atoms with E-state index in [0.717, 1.165) is 40.7 Å². The second-order valence-corrected chi connectivity index (χ2v) is 6.36. The quantitative estimate of drug-likeness (QED) is 0.733. The van der Waals surface area contributed by atoms with Crippen molar-refractivity contribution in [3.63, 3.8) is 0 Å². The molecule has 3 heterocycles. The van der Waals surface area contributed by atoms with Crippen molar-refractivity contribution < 1.29 is 4.39 Å². The van der Waals surface area contributed by atoms with E-state index in [1.54, 1.807) is 34.8 Å². The molecule has 1 aromatic carbocycles. The Hall–Kier alpha value is -2.54. The third-order valence-electron chi connectivity index (χ3n) is 3.77. The average Bonchev–Trinajstić information content (AvgIpc) is 3.04. The average molecular weight is 339 g/mol. The summed E-state index contributed by atoms with van der Waals surface area (Å²) in [6, 6.07) is 10.4. The van der Waals surface area contributed by atoms with Crippen LogP contribution in [0.15, 0.2) is 59.0 Å². The molecule has 0 N–H and O–H groups in total. The van der Waals surface area contributed by atoms with Crippen LogP contribution in [0.1, 0.15) is 17.0 Å². The van der Waals surface area contributed by atoms with Crippen molar-refractivity contribution in [2.75, 3.05) is 5.75 Å². The van der Waals surface area contributed by atoms with Gasteiger partial charge in [0.05, 0.1) is 5.71 Å². The Morgan fingerprint density at radius 1 is 1.08 bits per heavy atom. The Balaban J connectivity index is 1.58. The van der Waals surface area contributed by atoms with Crippen LogP contribution >= 0.6 is 11.8 Å². The van der Waals surface area contributed by atoms with Crippen molar-refractivity contribution in [1.82, 2.24) is 19.9 Å². The van der Waals surface area contributed by atoms with Gasteiger partial charge in [-0.25, -0.2) is 4.39 Å².